The van der Waals surface area contributed by atoms with Gasteiger partial charge in [0.25, 0.3) is 0 Å². The Morgan fingerprint density at radius 2 is 2.10 bits per heavy atom. The minimum absolute atomic E-state index is 0.512. The number of benzene rings is 1. The number of nitrogens with one attached hydrogen (secondary N) is 1. The summed E-state index contributed by atoms with van der Waals surface area (Å²) in [4.78, 5) is 0. The third-order valence-electron chi connectivity index (χ3n) is 3.02. The number of aromatic nitrogens is 2. The Morgan fingerprint density at radius 1 is 1.30 bits per heavy atom. The van der Waals surface area contributed by atoms with E-state index in [1.54, 1.807) is 0 Å². The minimum atomic E-state index is 0.512. The van der Waals surface area contributed by atoms with Gasteiger partial charge in [-0.15, -0.1) is 10.2 Å². The van der Waals surface area contributed by atoms with Gasteiger partial charge in [0.1, 0.15) is 0 Å². The van der Waals surface area contributed by atoms with Crippen molar-refractivity contribution in [2.75, 3.05) is 6.54 Å². The van der Waals surface area contributed by atoms with E-state index in [4.69, 9.17) is 4.42 Å². The fraction of sp³-hybridized carbons (Fsp3) is 0.467. The van der Waals surface area contributed by atoms with Gasteiger partial charge in [0, 0.05) is 22.5 Å². The van der Waals surface area contributed by atoms with Gasteiger partial charge in [-0.05, 0) is 37.6 Å². The molecule has 0 aliphatic heterocycles. The second-order valence-electron chi connectivity index (χ2n) is 5.17. The van der Waals surface area contributed by atoms with Crippen LogP contribution in [0, 0.1) is 6.92 Å². The average molecular weight is 338 g/mol. The molecule has 0 bridgehead atoms. The van der Waals surface area contributed by atoms with Crippen LogP contribution in [0.2, 0.25) is 0 Å². The van der Waals surface area contributed by atoms with E-state index in [9.17, 15) is 0 Å². The first kappa shape index (κ1) is 15.2. The zero-order valence-electron chi connectivity index (χ0n) is 12.1. The number of halogens is 1. The van der Waals surface area contributed by atoms with E-state index < -0.39 is 0 Å². The number of nitrogens with zero attached hydrogens (tertiary/aromatic N) is 2. The lowest BCUT2D eigenvalue weighted by Crippen LogP contribution is -2.23. The van der Waals surface area contributed by atoms with Gasteiger partial charge < -0.3 is 9.73 Å². The lowest BCUT2D eigenvalue weighted by atomic mass is 10.1. The van der Waals surface area contributed by atoms with Crippen LogP contribution in [0.25, 0.3) is 11.5 Å². The van der Waals surface area contributed by atoms with Crippen molar-refractivity contribution in [2.24, 2.45) is 0 Å². The number of aryl methyl sites for hydroxylation is 2. The van der Waals surface area contributed by atoms with Crippen molar-refractivity contribution < 1.29 is 4.42 Å². The van der Waals surface area contributed by atoms with Gasteiger partial charge in [-0.3, -0.25) is 0 Å². The standard InChI is InChI=1S/C15H20BrN3O/c1-10(2)17-8-4-5-14-18-19-15(20-14)13-9-12(16)7-6-11(13)3/h6-7,9-10,17H,4-5,8H2,1-3H3. The van der Waals surface area contributed by atoms with Crippen LogP contribution in [0.15, 0.2) is 27.1 Å². The molecule has 20 heavy (non-hydrogen) atoms. The summed E-state index contributed by atoms with van der Waals surface area (Å²) in [7, 11) is 0. The molecule has 1 N–H and O–H groups in total. The summed E-state index contributed by atoms with van der Waals surface area (Å²) in [5.41, 5.74) is 2.11. The van der Waals surface area contributed by atoms with Crippen molar-refractivity contribution in [3.05, 3.63) is 34.1 Å². The van der Waals surface area contributed by atoms with Crippen molar-refractivity contribution in [1.82, 2.24) is 15.5 Å². The molecule has 4 nitrogen and oxygen atoms in total. The third kappa shape index (κ3) is 4.15. The second-order valence-corrected chi connectivity index (χ2v) is 6.09. The molecule has 0 spiro atoms. The van der Waals surface area contributed by atoms with Crippen molar-refractivity contribution in [3.8, 4) is 11.5 Å². The Kier molecular flexibility index (Phi) is 5.31. The Labute approximate surface area is 128 Å². The molecule has 0 amide bonds. The first-order chi connectivity index (χ1) is 9.56. The average Bonchev–Trinajstić information content (AvgIpc) is 2.86. The molecule has 1 aromatic carbocycles. The number of hydrogen-bond donors (Lipinski definition) is 1. The molecule has 1 heterocycles. The van der Waals surface area contributed by atoms with Crippen LogP contribution >= 0.6 is 15.9 Å². The van der Waals surface area contributed by atoms with Crippen LogP contribution in [-0.2, 0) is 6.42 Å². The summed E-state index contributed by atoms with van der Waals surface area (Å²) < 4.78 is 6.75. The fourth-order valence-corrected chi connectivity index (χ4v) is 2.28. The normalized spacial score (nSPS) is 11.2. The van der Waals surface area contributed by atoms with Crippen LogP contribution in [0.4, 0.5) is 0 Å². The molecule has 5 heteroatoms. The molecule has 2 rings (SSSR count). The summed E-state index contributed by atoms with van der Waals surface area (Å²) in [6.07, 6.45) is 1.80. The van der Waals surface area contributed by atoms with Crippen LogP contribution in [0.5, 0.6) is 0 Å². The van der Waals surface area contributed by atoms with Gasteiger partial charge in [0.05, 0.1) is 0 Å². The van der Waals surface area contributed by atoms with Crippen molar-refractivity contribution in [1.29, 1.82) is 0 Å². The predicted octanol–water partition coefficient (Wildman–Crippen LogP) is 3.74. The highest BCUT2D eigenvalue weighted by Crippen LogP contribution is 2.25. The summed E-state index contributed by atoms with van der Waals surface area (Å²) in [5.74, 6) is 1.29. The van der Waals surface area contributed by atoms with Gasteiger partial charge in [-0.2, -0.15) is 0 Å². The number of hydrogen-bond acceptors (Lipinski definition) is 4. The fourth-order valence-electron chi connectivity index (χ4n) is 1.92. The maximum absolute atomic E-state index is 5.74. The lowest BCUT2D eigenvalue weighted by molar-refractivity contribution is 0.484. The van der Waals surface area contributed by atoms with Gasteiger partial charge >= 0.3 is 0 Å². The Morgan fingerprint density at radius 3 is 2.85 bits per heavy atom. The van der Waals surface area contributed by atoms with E-state index in [0.717, 1.165) is 35.0 Å². The van der Waals surface area contributed by atoms with Crippen LogP contribution in [0.3, 0.4) is 0 Å². The zero-order chi connectivity index (χ0) is 14.5. The molecule has 0 atom stereocenters. The van der Waals surface area contributed by atoms with Crippen molar-refractivity contribution in [3.63, 3.8) is 0 Å². The molecule has 0 radical (unpaired) electrons. The number of rotatable bonds is 6. The van der Waals surface area contributed by atoms with Crippen LogP contribution in [-0.4, -0.2) is 22.8 Å². The van der Waals surface area contributed by atoms with Crippen molar-refractivity contribution >= 4 is 15.9 Å². The van der Waals surface area contributed by atoms with Gasteiger partial charge in [-0.25, -0.2) is 0 Å². The Bertz CT molecular complexity index is 566. The molecular weight excluding hydrogens is 318 g/mol. The largest absolute Gasteiger partial charge is 0.421 e. The molecule has 0 unspecified atom stereocenters. The Hall–Kier alpha value is -1.20. The molecule has 108 valence electrons. The SMILES string of the molecule is Cc1ccc(Br)cc1-c1nnc(CCCNC(C)C)o1. The quantitative estimate of drug-likeness (QED) is 0.816. The van der Waals surface area contributed by atoms with Crippen LogP contribution in [0.1, 0.15) is 31.7 Å². The molecule has 0 saturated carbocycles. The highest BCUT2D eigenvalue weighted by molar-refractivity contribution is 9.10. The second kappa shape index (κ2) is 6.99. The third-order valence-corrected chi connectivity index (χ3v) is 3.51. The van der Waals surface area contributed by atoms with E-state index in [1.165, 1.54) is 0 Å². The van der Waals surface area contributed by atoms with E-state index >= 15 is 0 Å². The predicted molar refractivity (Wildman–Crippen MR) is 83.6 cm³/mol. The van der Waals surface area contributed by atoms with Gasteiger partial charge in [0.2, 0.25) is 11.8 Å². The molecule has 1 aromatic heterocycles. The molecule has 0 saturated heterocycles. The lowest BCUT2D eigenvalue weighted by Gasteiger charge is -2.05. The molecule has 0 aliphatic rings. The van der Waals surface area contributed by atoms with E-state index in [-0.39, 0.29) is 0 Å². The topological polar surface area (TPSA) is 51.0 Å². The minimum Gasteiger partial charge on any atom is -0.421 e. The molecule has 0 aliphatic carbocycles. The smallest absolute Gasteiger partial charge is 0.248 e. The monoisotopic (exact) mass is 337 g/mol. The molecule has 2 aromatic rings. The van der Waals surface area contributed by atoms with Crippen LogP contribution < -0.4 is 5.32 Å². The summed E-state index contributed by atoms with van der Waals surface area (Å²) in [6.45, 7) is 7.28. The first-order valence-corrected chi connectivity index (χ1v) is 7.68. The summed E-state index contributed by atoms with van der Waals surface area (Å²) >= 11 is 3.47. The van der Waals surface area contributed by atoms with Gasteiger partial charge in [0.15, 0.2) is 0 Å². The van der Waals surface area contributed by atoms with Crippen molar-refractivity contribution in [2.45, 2.75) is 39.7 Å². The summed E-state index contributed by atoms with van der Waals surface area (Å²) in [5, 5.41) is 11.6. The maximum atomic E-state index is 5.74. The molecular formula is C15H20BrN3O. The first-order valence-electron chi connectivity index (χ1n) is 6.88. The Balaban J connectivity index is 2.00. The highest BCUT2D eigenvalue weighted by atomic mass is 79.9. The highest BCUT2D eigenvalue weighted by Gasteiger charge is 2.11. The van der Waals surface area contributed by atoms with E-state index in [1.807, 2.05) is 25.1 Å². The van der Waals surface area contributed by atoms with Gasteiger partial charge in [-0.1, -0.05) is 35.8 Å². The summed E-state index contributed by atoms with van der Waals surface area (Å²) in [6, 6.07) is 6.56. The zero-order valence-corrected chi connectivity index (χ0v) is 13.7. The van der Waals surface area contributed by atoms with E-state index in [0.29, 0.717) is 17.8 Å². The molecule has 0 fully saturated rings. The maximum Gasteiger partial charge on any atom is 0.248 e. The van der Waals surface area contributed by atoms with E-state index in [2.05, 4.69) is 45.3 Å².